The van der Waals surface area contributed by atoms with Crippen molar-refractivity contribution in [3.63, 3.8) is 0 Å². The van der Waals surface area contributed by atoms with E-state index in [1.807, 2.05) is 0 Å². The lowest BCUT2D eigenvalue weighted by Gasteiger charge is -2.34. The smallest absolute Gasteiger partial charge is 0.248 e. The number of piperazine rings is 1. The maximum Gasteiger partial charge on any atom is 0.248 e. The highest BCUT2D eigenvalue weighted by atomic mass is 32.2. The minimum atomic E-state index is -3.62. The summed E-state index contributed by atoms with van der Waals surface area (Å²) < 4.78 is 31.8. The Kier molecular flexibility index (Phi) is 5.46. The fourth-order valence-electron chi connectivity index (χ4n) is 2.72. The van der Waals surface area contributed by atoms with Crippen LogP contribution >= 0.6 is 0 Å². The van der Waals surface area contributed by atoms with Crippen LogP contribution in [-0.2, 0) is 14.8 Å². The van der Waals surface area contributed by atoms with Crippen LogP contribution in [0.15, 0.2) is 9.42 Å². The number of amides is 1. The van der Waals surface area contributed by atoms with E-state index in [4.69, 9.17) is 4.52 Å². The number of hydrogen-bond acceptors (Lipinski definition) is 5. The molecule has 2 heterocycles. The first-order valence-electron chi connectivity index (χ1n) is 7.94. The predicted octanol–water partition coefficient (Wildman–Crippen LogP) is 1.56. The average molecular weight is 343 g/mol. The molecule has 1 saturated heterocycles. The predicted molar refractivity (Wildman–Crippen MR) is 85.4 cm³/mol. The van der Waals surface area contributed by atoms with Crippen molar-refractivity contribution in [3.8, 4) is 0 Å². The van der Waals surface area contributed by atoms with Crippen molar-refractivity contribution in [2.24, 2.45) is 5.92 Å². The van der Waals surface area contributed by atoms with Crippen LogP contribution in [0.4, 0.5) is 0 Å². The first-order valence-corrected chi connectivity index (χ1v) is 9.38. The van der Waals surface area contributed by atoms with E-state index >= 15 is 0 Å². The fourth-order valence-corrected chi connectivity index (χ4v) is 4.43. The van der Waals surface area contributed by atoms with Crippen molar-refractivity contribution < 1.29 is 17.7 Å². The normalized spacial score (nSPS) is 17.0. The van der Waals surface area contributed by atoms with Crippen molar-refractivity contribution in [2.75, 3.05) is 26.2 Å². The molecule has 1 aliphatic heterocycles. The molecule has 1 fully saturated rings. The molecule has 0 N–H and O–H groups in total. The van der Waals surface area contributed by atoms with Gasteiger partial charge in [0.2, 0.25) is 15.9 Å². The van der Waals surface area contributed by atoms with Gasteiger partial charge in [0, 0.05) is 32.6 Å². The van der Waals surface area contributed by atoms with Crippen LogP contribution < -0.4 is 0 Å². The van der Waals surface area contributed by atoms with Gasteiger partial charge in [0.1, 0.15) is 10.6 Å². The molecule has 0 aliphatic carbocycles. The zero-order valence-corrected chi connectivity index (χ0v) is 15.0. The van der Waals surface area contributed by atoms with Crippen LogP contribution in [0.3, 0.4) is 0 Å². The Morgan fingerprint density at radius 2 is 1.83 bits per heavy atom. The second-order valence-corrected chi connectivity index (χ2v) is 8.25. The molecular formula is C15H25N3O4S. The standard InChI is InChI=1S/C15H25N3O4S/c1-11(2)5-6-14(19)17-7-9-18(10-8-17)23(20,21)15-12(3)16-22-13(15)4/h11H,5-10H2,1-4H3. The first-order chi connectivity index (χ1) is 10.7. The van der Waals surface area contributed by atoms with Gasteiger partial charge in [0.25, 0.3) is 0 Å². The van der Waals surface area contributed by atoms with E-state index in [0.717, 1.165) is 6.42 Å². The van der Waals surface area contributed by atoms with Crippen LogP contribution in [0.2, 0.25) is 0 Å². The third-order valence-corrected chi connectivity index (χ3v) is 6.24. The summed E-state index contributed by atoms with van der Waals surface area (Å²) in [5, 5.41) is 3.72. The van der Waals surface area contributed by atoms with E-state index in [0.29, 0.717) is 50.0 Å². The van der Waals surface area contributed by atoms with Gasteiger partial charge in [0.15, 0.2) is 5.76 Å². The topological polar surface area (TPSA) is 83.7 Å². The van der Waals surface area contributed by atoms with E-state index in [1.165, 1.54) is 4.31 Å². The van der Waals surface area contributed by atoms with Crippen LogP contribution in [0.5, 0.6) is 0 Å². The Hall–Kier alpha value is -1.41. The molecule has 0 atom stereocenters. The van der Waals surface area contributed by atoms with Crippen molar-refractivity contribution in [3.05, 3.63) is 11.5 Å². The summed E-state index contributed by atoms with van der Waals surface area (Å²) in [7, 11) is -3.62. The summed E-state index contributed by atoms with van der Waals surface area (Å²) in [6.07, 6.45) is 1.38. The number of aromatic nitrogens is 1. The van der Waals surface area contributed by atoms with E-state index in [2.05, 4.69) is 19.0 Å². The molecule has 0 spiro atoms. The molecule has 1 amide bonds. The largest absolute Gasteiger partial charge is 0.360 e. The summed E-state index contributed by atoms with van der Waals surface area (Å²) >= 11 is 0. The van der Waals surface area contributed by atoms with Gasteiger partial charge in [-0.25, -0.2) is 8.42 Å². The van der Waals surface area contributed by atoms with Gasteiger partial charge < -0.3 is 9.42 Å². The SMILES string of the molecule is Cc1noc(C)c1S(=O)(=O)N1CCN(C(=O)CCC(C)C)CC1. The molecule has 0 saturated carbocycles. The van der Waals surface area contributed by atoms with E-state index in [1.54, 1.807) is 18.7 Å². The van der Waals surface area contributed by atoms with Gasteiger partial charge in [-0.05, 0) is 26.2 Å². The monoisotopic (exact) mass is 343 g/mol. The Morgan fingerprint density at radius 1 is 1.22 bits per heavy atom. The molecule has 0 radical (unpaired) electrons. The third-order valence-electron chi connectivity index (χ3n) is 4.09. The Balaban J connectivity index is 2.00. The molecule has 8 heteroatoms. The number of sulfonamides is 1. The molecular weight excluding hydrogens is 318 g/mol. The Morgan fingerprint density at radius 3 is 2.30 bits per heavy atom. The number of carbonyl (C=O) groups is 1. The number of rotatable bonds is 5. The summed E-state index contributed by atoms with van der Waals surface area (Å²) in [5.74, 6) is 0.895. The molecule has 7 nitrogen and oxygen atoms in total. The Bertz CT molecular complexity index is 639. The van der Waals surface area contributed by atoms with Gasteiger partial charge in [-0.2, -0.15) is 4.31 Å². The van der Waals surface area contributed by atoms with Gasteiger partial charge in [0.05, 0.1) is 0 Å². The molecule has 1 aromatic rings. The molecule has 2 rings (SSSR count). The zero-order chi connectivity index (χ0) is 17.2. The van der Waals surface area contributed by atoms with Crippen LogP contribution in [0.25, 0.3) is 0 Å². The van der Waals surface area contributed by atoms with Crippen LogP contribution in [0.1, 0.15) is 38.1 Å². The van der Waals surface area contributed by atoms with Crippen LogP contribution in [0, 0.1) is 19.8 Å². The second-order valence-electron chi connectivity index (χ2n) is 6.37. The minimum Gasteiger partial charge on any atom is -0.360 e. The molecule has 0 aromatic carbocycles. The van der Waals surface area contributed by atoms with Crippen molar-refractivity contribution in [2.45, 2.75) is 45.4 Å². The quantitative estimate of drug-likeness (QED) is 0.810. The van der Waals surface area contributed by atoms with E-state index < -0.39 is 10.0 Å². The number of nitrogens with zero attached hydrogens (tertiary/aromatic N) is 3. The zero-order valence-electron chi connectivity index (χ0n) is 14.2. The molecule has 1 aliphatic rings. The lowest BCUT2D eigenvalue weighted by atomic mass is 10.1. The summed E-state index contributed by atoms with van der Waals surface area (Å²) in [6.45, 7) is 8.86. The summed E-state index contributed by atoms with van der Waals surface area (Å²) in [5.41, 5.74) is 0.373. The van der Waals surface area contributed by atoms with E-state index in [9.17, 15) is 13.2 Å². The molecule has 1 aromatic heterocycles. The highest BCUT2D eigenvalue weighted by Gasteiger charge is 2.34. The maximum atomic E-state index is 12.7. The lowest BCUT2D eigenvalue weighted by molar-refractivity contribution is -0.132. The number of aryl methyl sites for hydroxylation is 2. The van der Waals surface area contributed by atoms with Gasteiger partial charge in [-0.1, -0.05) is 19.0 Å². The summed E-state index contributed by atoms with van der Waals surface area (Å²) in [4.78, 5) is 14.0. The molecule has 0 unspecified atom stereocenters. The highest BCUT2D eigenvalue weighted by molar-refractivity contribution is 7.89. The lowest BCUT2D eigenvalue weighted by Crippen LogP contribution is -2.50. The Labute approximate surface area is 137 Å². The van der Waals surface area contributed by atoms with Crippen LogP contribution in [-0.4, -0.2) is 54.9 Å². The first kappa shape index (κ1) is 17.9. The highest BCUT2D eigenvalue weighted by Crippen LogP contribution is 2.24. The van der Waals surface area contributed by atoms with Gasteiger partial charge in [-0.3, -0.25) is 4.79 Å². The van der Waals surface area contributed by atoms with E-state index in [-0.39, 0.29) is 10.8 Å². The average Bonchev–Trinajstić information content (AvgIpc) is 2.84. The van der Waals surface area contributed by atoms with Crippen molar-refractivity contribution in [1.29, 1.82) is 0 Å². The maximum absolute atomic E-state index is 12.7. The van der Waals surface area contributed by atoms with Gasteiger partial charge in [-0.15, -0.1) is 0 Å². The molecule has 130 valence electrons. The van der Waals surface area contributed by atoms with Crippen molar-refractivity contribution in [1.82, 2.24) is 14.4 Å². The third kappa shape index (κ3) is 3.92. The minimum absolute atomic E-state index is 0.105. The number of hydrogen-bond donors (Lipinski definition) is 0. The summed E-state index contributed by atoms with van der Waals surface area (Å²) in [6, 6.07) is 0. The second kappa shape index (κ2) is 7.00. The molecule has 0 bridgehead atoms. The fraction of sp³-hybridized carbons (Fsp3) is 0.733. The molecule has 23 heavy (non-hydrogen) atoms. The number of carbonyl (C=O) groups excluding carboxylic acids is 1. The van der Waals surface area contributed by atoms with Gasteiger partial charge >= 0.3 is 0 Å². The van der Waals surface area contributed by atoms with Crippen molar-refractivity contribution >= 4 is 15.9 Å².